The van der Waals surface area contributed by atoms with Gasteiger partial charge in [-0.15, -0.1) is 0 Å². The Bertz CT molecular complexity index is 399. The van der Waals surface area contributed by atoms with Crippen molar-refractivity contribution >= 4 is 15.9 Å². The third kappa shape index (κ3) is 3.51. The fourth-order valence-corrected chi connectivity index (χ4v) is 2.12. The van der Waals surface area contributed by atoms with Crippen LogP contribution in [0.25, 0.3) is 0 Å². The molecule has 0 saturated carbocycles. The van der Waals surface area contributed by atoms with Crippen molar-refractivity contribution in [2.75, 3.05) is 13.2 Å². The van der Waals surface area contributed by atoms with Crippen LogP contribution >= 0.6 is 15.9 Å². The summed E-state index contributed by atoms with van der Waals surface area (Å²) in [7, 11) is 0. The molecule has 0 atom stereocenters. The lowest BCUT2D eigenvalue weighted by atomic mass is 10.1. The summed E-state index contributed by atoms with van der Waals surface area (Å²) in [4.78, 5) is 0. The largest absolute Gasteiger partial charge is 0.478 e. The first-order chi connectivity index (χ1) is 7.69. The van der Waals surface area contributed by atoms with E-state index in [0.29, 0.717) is 0 Å². The normalized spacial score (nSPS) is 9.88. The van der Waals surface area contributed by atoms with Crippen molar-refractivity contribution in [3.05, 3.63) is 27.7 Å². The van der Waals surface area contributed by atoms with Crippen molar-refractivity contribution in [2.45, 2.75) is 20.4 Å². The van der Waals surface area contributed by atoms with E-state index in [4.69, 9.17) is 10.00 Å². The van der Waals surface area contributed by atoms with E-state index in [-0.39, 0.29) is 6.61 Å². The molecule has 86 valence electrons. The number of rotatable bonds is 5. The molecule has 0 fully saturated rings. The Morgan fingerprint density at radius 3 is 2.88 bits per heavy atom. The number of hydrogen-bond acceptors (Lipinski definition) is 3. The molecule has 16 heavy (non-hydrogen) atoms. The number of ether oxygens (including phenoxy) is 1. The Hall–Kier alpha value is -1.05. The molecule has 0 bridgehead atoms. The SMILES string of the molecule is CCNCc1cc(Br)cc(C)c1OCC#N. The highest BCUT2D eigenvalue weighted by Gasteiger charge is 2.08. The number of benzene rings is 1. The average Bonchev–Trinajstić information content (AvgIpc) is 2.24. The fourth-order valence-electron chi connectivity index (χ4n) is 1.50. The van der Waals surface area contributed by atoms with Crippen LogP contribution in [0.15, 0.2) is 16.6 Å². The Morgan fingerprint density at radius 2 is 2.25 bits per heavy atom. The molecule has 0 aromatic heterocycles. The molecule has 3 nitrogen and oxygen atoms in total. The minimum absolute atomic E-state index is 0.0849. The second kappa shape index (κ2) is 6.51. The van der Waals surface area contributed by atoms with Crippen LogP contribution in [0.2, 0.25) is 0 Å². The molecule has 0 spiro atoms. The van der Waals surface area contributed by atoms with Gasteiger partial charge in [0.1, 0.15) is 11.8 Å². The third-order valence-electron chi connectivity index (χ3n) is 2.16. The molecule has 1 N–H and O–H groups in total. The molecular weight excluding hydrogens is 268 g/mol. The Morgan fingerprint density at radius 1 is 1.50 bits per heavy atom. The van der Waals surface area contributed by atoms with Gasteiger partial charge in [0, 0.05) is 16.6 Å². The van der Waals surface area contributed by atoms with Crippen LogP contribution in [0.4, 0.5) is 0 Å². The first kappa shape index (κ1) is 13.0. The number of nitrogens with one attached hydrogen (secondary N) is 1. The number of hydrogen-bond donors (Lipinski definition) is 1. The maximum Gasteiger partial charge on any atom is 0.174 e. The van der Waals surface area contributed by atoms with Gasteiger partial charge < -0.3 is 10.1 Å². The third-order valence-corrected chi connectivity index (χ3v) is 2.62. The lowest BCUT2D eigenvalue weighted by molar-refractivity contribution is 0.360. The van der Waals surface area contributed by atoms with Crippen molar-refractivity contribution in [1.29, 1.82) is 5.26 Å². The minimum Gasteiger partial charge on any atom is -0.478 e. The summed E-state index contributed by atoms with van der Waals surface area (Å²) in [6, 6.07) is 5.99. The van der Waals surface area contributed by atoms with Gasteiger partial charge in [0.2, 0.25) is 0 Å². The van der Waals surface area contributed by atoms with E-state index in [1.54, 1.807) is 0 Å². The number of nitrogens with zero attached hydrogens (tertiary/aromatic N) is 1. The molecule has 0 amide bonds. The zero-order valence-electron chi connectivity index (χ0n) is 9.51. The van der Waals surface area contributed by atoms with E-state index in [9.17, 15) is 0 Å². The number of nitriles is 1. The van der Waals surface area contributed by atoms with Gasteiger partial charge in [0.05, 0.1) is 0 Å². The summed E-state index contributed by atoms with van der Waals surface area (Å²) < 4.78 is 6.48. The van der Waals surface area contributed by atoms with Crippen molar-refractivity contribution in [3.8, 4) is 11.8 Å². The van der Waals surface area contributed by atoms with Gasteiger partial charge in [-0.1, -0.05) is 22.9 Å². The van der Waals surface area contributed by atoms with Gasteiger partial charge in [-0.2, -0.15) is 5.26 Å². The lowest BCUT2D eigenvalue weighted by Gasteiger charge is -2.13. The van der Waals surface area contributed by atoms with E-state index in [2.05, 4.69) is 28.2 Å². The standard InChI is InChI=1S/C12H15BrN2O/c1-3-15-8-10-7-11(13)6-9(2)12(10)16-5-4-14/h6-7,15H,3,5,8H2,1-2H3. The number of halogens is 1. The van der Waals surface area contributed by atoms with Gasteiger partial charge in [-0.3, -0.25) is 0 Å². The topological polar surface area (TPSA) is 45.0 Å². The first-order valence-corrected chi connectivity index (χ1v) is 5.97. The van der Waals surface area contributed by atoms with Crippen LogP contribution in [0.1, 0.15) is 18.1 Å². The average molecular weight is 283 g/mol. The molecule has 4 heteroatoms. The minimum atomic E-state index is 0.0849. The van der Waals surface area contributed by atoms with Crippen LogP contribution in [0, 0.1) is 18.3 Å². The molecule has 0 aliphatic rings. The molecule has 1 aromatic carbocycles. The maximum atomic E-state index is 8.54. The number of aryl methyl sites for hydroxylation is 1. The summed E-state index contributed by atoms with van der Waals surface area (Å²) in [5.74, 6) is 0.811. The van der Waals surface area contributed by atoms with E-state index in [1.165, 1.54) is 0 Å². The molecular formula is C12H15BrN2O. The van der Waals surface area contributed by atoms with Crippen LogP contribution in [0.5, 0.6) is 5.75 Å². The maximum absolute atomic E-state index is 8.54. The van der Waals surface area contributed by atoms with Crippen molar-refractivity contribution < 1.29 is 4.74 Å². The van der Waals surface area contributed by atoms with Crippen LogP contribution in [-0.4, -0.2) is 13.2 Å². The zero-order chi connectivity index (χ0) is 12.0. The van der Waals surface area contributed by atoms with Crippen LogP contribution < -0.4 is 10.1 Å². The molecule has 1 aromatic rings. The van der Waals surface area contributed by atoms with E-state index < -0.39 is 0 Å². The van der Waals surface area contributed by atoms with Crippen molar-refractivity contribution in [1.82, 2.24) is 5.32 Å². The van der Waals surface area contributed by atoms with E-state index >= 15 is 0 Å². The van der Waals surface area contributed by atoms with E-state index in [1.807, 2.05) is 25.1 Å². The molecule has 0 aliphatic carbocycles. The molecule has 0 saturated heterocycles. The highest BCUT2D eigenvalue weighted by atomic mass is 79.9. The Labute approximate surface area is 105 Å². The van der Waals surface area contributed by atoms with Crippen molar-refractivity contribution in [3.63, 3.8) is 0 Å². The predicted octanol–water partition coefficient (Wildman–Crippen LogP) is 2.77. The van der Waals surface area contributed by atoms with Gasteiger partial charge in [-0.25, -0.2) is 0 Å². The molecule has 0 radical (unpaired) electrons. The van der Waals surface area contributed by atoms with Gasteiger partial charge in [0.15, 0.2) is 6.61 Å². The van der Waals surface area contributed by atoms with Crippen molar-refractivity contribution in [2.24, 2.45) is 0 Å². The molecule has 0 heterocycles. The smallest absolute Gasteiger partial charge is 0.174 e. The van der Waals surface area contributed by atoms with Crippen LogP contribution in [-0.2, 0) is 6.54 Å². The summed E-state index contributed by atoms with van der Waals surface area (Å²) >= 11 is 3.46. The van der Waals surface area contributed by atoms with Gasteiger partial charge >= 0.3 is 0 Å². The summed E-state index contributed by atoms with van der Waals surface area (Å²) in [5, 5.41) is 11.8. The quantitative estimate of drug-likeness (QED) is 0.903. The Balaban J connectivity index is 2.96. The second-order valence-corrected chi connectivity index (χ2v) is 4.35. The predicted molar refractivity (Wildman–Crippen MR) is 67.4 cm³/mol. The van der Waals surface area contributed by atoms with E-state index in [0.717, 1.165) is 34.4 Å². The fraction of sp³-hybridized carbons (Fsp3) is 0.417. The monoisotopic (exact) mass is 282 g/mol. The lowest BCUT2D eigenvalue weighted by Crippen LogP contribution is -2.13. The summed E-state index contributed by atoms with van der Waals surface area (Å²) in [6.45, 7) is 5.77. The molecule has 0 unspecified atom stereocenters. The van der Waals surface area contributed by atoms with Crippen LogP contribution in [0.3, 0.4) is 0 Å². The highest BCUT2D eigenvalue weighted by molar-refractivity contribution is 9.10. The van der Waals surface area contributed by atoms with Gasteiger partial charge in [-0.05, 0) is 31.2 Å². The van der Waals surface area contributed by atoms with Gasteiger partial charge in [0.25, 0.3) is 0 Å². The first-order valence-electron chi connectivity index (χ1n) is 5.18. The molecule has 0 aliphatic heterocycles. The Kier molecular flexibility index (Phi) is 5.30. The second-order valence-electron chi connectivity index (χ2n) is 3.44. The highest BCUT2D eigenvalue weighted by Crippen LogP contribution is 2.28. The molecule has 1 rings (SSSR count). The zero-order valence-corrected chi connectivity index (χ0v) is 11.1. The summed E-state index contributed by atoms with van der Waals surface area (Å²) in [6.07, 6.45) is 0. The summed E-state index contributed by atoms with van der Waals surface area (Å²) in [5.41, 5.74) is 2.11.